The average molecular weight is 475 g/mol. The van der Waals surface area contributed by atoms with E-state index in [2.05, 4.69) is 62.1 Å². The van der Waals surface area contributed by atoms with Crippen LogP contribution in [0.2, 0.25) is 5.02 Å². The fourth-order valence-electron chi connectivity index (χ4n) is 5.88. The lowest BCUT2D eigenvalue weighted by molar-refractivity contribution is 0.160. The minimum atomic E-state index is 0.458. The normalized spacial score (nSPS) is 17.4. The molecule has 2 nitrogen and oxygen atoms in total. The number of benzene rings is 2. The Morgan fingerprint density at radius 1 is 0.971 bits per heavy atom. The highest BCUT2D eigenvalue weighted by Gasteiger charge is 2.31. The van der Waals surface area contributed by atoms with Crippen molar-refractivity contribution < 1.29 is 0 Å². The number of fused-ring (bicyclic) bond motifs is 2. The second-order valence-electron chi connectivity index (χ2n) is 9.38. The highest BCUT2D eigenvalue weighted by Crippen LogP contribution is 2.40. The minimum Gasteiger partial charge on any atom is -0.292 e. The van der Waals surface area contributed by atoms with Gasteiger partial charge in [-0.15, -0.1) is 0 Å². The second-order valence-corrected chi connectivity index (χ2v) is 9.82. The van der Waals surface area contributed by atoms with E-state index in [1.54, 1.807) is 0 Å². The van der Waals surface area contributed by atoms with Crippen LogP contribution in [0.1, 0.15) is 85.7 Å². The number of rotatable bonds is 4. The molecule has 1 unspecified atom stereocenters. The SMILES string of the molecule is CC.CCc1cccc(CC)c1-c1cc(C)c2c(n1)CCCC2N1CCc2ccc(Cl)cc2C1. The zero-order chi connectivity index (χ0) is 24.2. The molecule has 0 radical (unpaired) electrons. The van der Waals surface area contributed by atoms with Crippen molar-refractivity contribution >= 4 is 11.6 Å². The van der Waals surface area contributed by atoms with E-state index in [0.717, 1.165) is 43.8 Å². The predicted molar refractivity (Wildman–Crippen MR) is 146 cm³/mol. The maximum absolute atomic E-state index is 6.31. The van der Waals surface area contributed by atoms with E-state index < -0.39 is 0 Å². The summed E-state index contributed by atoms with van der Waals surface area (Å²) in [6, 6.07) is 15.9. The Morgan fingerprint density at radius 3 is 2.41 bits per heavy atom. The number of pyridine rings is 1. The molecule has 34 heavy (non-hydrogen) atoms. The topological polar surface area (TPSA) is 16.1 Å². The molecule has 1 aliphatic carbocycles. The lowest BCUT2D eigenvalue weighted by Gasteiger charge is -2.39. The molecule has 3 heteroatoms. The van der Waals surface area contributed by atoms with Gasteiger partial charge in [0.1, 0.15) is 0 Å². The number of nitrogens with zero attached hydrogens (tertiary/aromatic N) is 2. The first kappa shape index (κ1) is 24.9. The quantitative estimate of drug-likeness (QED) is 0.378. The summed E-state index contributed by atoms with van der Waals surface area (Å²) < 4.78 is 0. The van der Waals surface area contributed by atoms with Crippen molar-refractivity contribution in [2.24, 2.45) is 0 Å². The molecule has 0 amide bonds. The Balaban J connectivity index is 0.00000133. The van der Waals surface area contributed by atoms with E-state index in [1.165, 1.54) is 63.2 Å². The summed E-state index contributed by atoms with van der Waals surface area (Å²) in [7, 11) is 0. The van der Waals surface area contributed by atoms with Gasteiger partial charge < -0.3 is 0 Å². The van der Waals surface area contributed by atoms with E-state index in [1.807, 2.05) is 19.9 Å². The summed E-state index contributed by atoms with van der Waals surface area (Å²) in [5, 5.41) is 0.846. The Morgan fingerprint density at radius 2 is 1.71 bits per heavy atom. The Labute approximate surface area is 211 Å². The molecule has 0 saturated carbocycles. The van der Waals surface area contributed by atoms with Crippen molar-refractivity contribution in [2.45, 2.75) is 85.7 Å². The lowest BCUT2D eigenvalue weighted by Crippen LogP contribution is -2.36. The first-order valence-electron chi connectivity index (χ1n) is 13.2. The largest absolute Gasteiger partial charge is 0.292 e. The van der Waals surface area contributed by atoms with Gasteiger partial charge in [-0.25, -0.2) is 0 Å². The summed E-state index contributed by atoms with van der Waals surface area (Å²) in [5.41, 5.74) is 12.4. The van der Waals surface area contributed by atoms with Crippen molar-refractivity contribution in [3.05, 3.63) is 86.6 Å². The van der Waals surface area contributed by atoms with Gasteiger partial charge in [0.2, 0.25) is 0 Å². The fraction of sp³-hybridized carbons (Fsp3) is 0.452. The van der Waals surface area contributed by atoms with Crippen molar-refractivity contribution in [2.75, 3.05) is 6.54 Å². The van der Waals surface area contributed by atoms with Crippen molar-refractivity contribution in [1.82, 2.24) is 9.88 Å². The molecular formula is C31H39ClN2. The van der Waals surface area contributed by atoms with Crippen LogP contribution in [0.5, 0.6) is 0 Å². The van der Waals surface area contributed by atoms with E-state index in [-0.39, 0.29) is 0 Å². The molecule has 180 valence electrons. The first-order valence-corrected chi connectivity index (χ1v) is 13.6. The van der Waals surface area contributed by atoms with Gasteiger partial charge >= 0.3 is 0 Å². The lowest BCUT2D eigenvalue weighted by atomic mass is 9.84. The van der Waals surface area contributed by atoms with Crippen LogP contribution in [0.25, 0.3) is 11.3 Å². The van der Waals surface area contributed by atoms with E-state index >= 15 is 0 Å². The molecule has 1 aromatic heterocycles. The second kappa shape index (κ2) is 11.1. The molecule has 0 spiro atoms. The van der Waals surface area contributed by atoms with Crippen molar-refractivity contribution in [3.63, 3.8) is 0 Å². The third kappa shape index (κ3) is 4.81. The fourth-order valence-corrected chi connectivity index (χ4v) is 6.07. The maximum Gasteiger partial charge on any atom is 0.0713 e. The maximum atomic E-state index is 6.31. The average Bonchev–Trinajstić information content (AvgIpc) is 2.88. The summed E-state index contributed by atoms with van der Waals surface area (Å²) in [6.07, 6.45) is 6.71. The Bertz CT molecular complexity index is 1130. The number of aromatic nitrogens is 1. The number of hydrogen-bond acceptors (Lipinski definition) is 2. The zero-order valence-corrected chi connectivity index (χ0v) is 22.3. The van der Waals surface area contributed by atoms with E-state index in [0.29, 0.717) is 6.04 Å². The van der Waals surface area contributed by atoms with Gasteiger partial charge in [0.05, 0.1) is 5.69 Å². The van der Waals surface area contributed by atoms with Gasteiger partial charge in [-0.3, -0.25) is 9.88 Å². The molecule has 2 aromatic carbocycles. The zero-order valence-electron chi connectivity index (χ0n) is 21.5. The first-order chi connectivity index (χ1) is 16.6. The molecule has 0 N–H and O–H groups in total. The highest BCUT2D eigenvalue weighted by atomic mass is 35.5. The third-order valence-electron chi connectivity index (χ3n) is 7.47. The Hall–Kier alpha value is -2.16. The van der Waals surface area contributed by atoms with Crippen LogP contribution in [-0.2, 0) is 32.2 Å². The number of halogens is 1. The molecule has 2 aliphatic rings. The summed E-state index contributed by atoms with van der Waals surface area (Å²) >= 11 is 6.31. The van der Waals surface area contributed by atoms with Crippen LogP contribution in [0.3, 0.4) is 0 Å². The van der Waals surface area contributed by atoms with E-state index in [4.69, 9.17) is 16.6 Å². The van der Waals surface area contributed by atoms with Crippen LogP contribution >= 0.6 is 11.6 Å². The summed E-state index contributed by atoms with van der Waals surface area (Å²) in [5.74, 6) is 0. The van der Waals surface area contributed by atoms with Crippen molar-refractivity contribution in [1.29, 1.82) is 0 Å². The van der Waals surface area contributed by atoms with Crippen LogP contribution in [0, 0.1) is 6.92 Å². The molecule has 1 aliphatic heterocycles. The molecule has 3 aromatic rings. The smallest absolute Gasteiger partial charge is 0.0713 e. The molecule has 0 bridgehead atoms. The van der Waals surface area contributed by atoms with Gasteiger partial charge in [-0.1, -0.05) is 63.6 Å². The van der Waals surface area contributed by atoms with Crippen LogP contribution in [0.15, 0.2) is 42.5 Å². The molecular weight excluding hydrogens is 436 g/mol. The third-order valence-corrected chi connectivity index (χ3v) is 7.71. The summed E-state index contributed by atoms with van der Waals surface area (Å²) in [4.78, 5) is 7.99. The van der Waals surface area contributed by atoms with Gasteiger partial charge in [-0.05, 0) is 97.0 Å². The van der Waals surface area contributed by atoms with Crippen LogP contribution in [0.4, 0.5) is 0 Å². The van der Waals surface area contributed by atoms with E-state index in [9.17, 15) is 0 Å². The minimum absolute atomic E-state index is 0.458. The standard InChI is InChI=1S/C29H33ClN2.C2H6/c1-4-20-8-6-9-21(5-2)29(20)26-16-19(3)28-25(31-26)10-7-11-27(28)32-15-14-22-12-13-24(30)17-23(22)18-32;1-2/h6,8-9,12-13,16-17,27H,4-5,7,10-11,14-15,18H2,1-3H3;1-2H3. The summed E-state index contributed by atoms with van der Waals surface area (Å²) in [6.45, 7) is 12.9. The Kier molecular flexibility index (Phi) is 8.11. The van der Waals surface area contributed by atoms with Crippen LogP contribution < -0.4 is 0 Å². The van der Waals surface area contributed by atoms with Gasteiger partial charge in [0.15, 0.2) is 0 Å². The molecule has 1 atom stereocenters. The number of hydrogen-bond donors (Lipinski definition) is 0. The highest BCUT2D eigenvalue weighted by molar-refractivity contribution is 6.30. The van der Waals surface area contributed by atoms with Gasteiger partial charge in [-0.2, -0.15) is 0 Å². The molecule has 5 rings (SSSR count). The number of aryl methyl sites for hydroxylation is 4. The monoisotopic (exact) mass is 474 g/mol. The van der Waals surface area contributed by atoms with Crippen molar-refractivity contribution in [3.8, 4) is 11.3 Å². The predicted octanol–water partition coefficient (Wildman–Crippen LogP) is 8.30. The molecule has 2 heterocycles. The van der Waals surface area contributed by atoms with Gasteiger partial charge in [0, 0.05) is 35.4 Å². The van der Waals surface area contributed by atoms with Crippen LogP contribution in [-0.4, -0.2) is 16.4 Å². The molecule has 0 fully saturated rings. The van der Waals surface area contributed by atoms with Gasteiger partial charge in [0.25, 0.3) is 0 Å². The molecule has 0 saturated heterocycles.